The van der Waals surface area contributed by atoms with Gasteiger partial charge < -0.3 is 14.6 Å². The number of aliphatic hydroxyl groups is 1. The molecule has 6 heteroatoms. The number of hydrogen-bond donors (Lipinski definition) is 2. The molecule has 0 radical (unpaired) electrons. The standard InChI is InChI=1S/C18H23N3O3/c22-12-13-3-5-21(6-4-13)11-15-10-19-20-18(15)14-1-2-16-17(9-14)24-8-7-23-16/h1-2,9-10,13,22H,3-8,11-12H2,(H,19,20). The Morgan fingerprint density at radius 1 is 1.17 bits per heavy atom. The zero-order valence-corrected chi connectivity index (χ0v) is 13.7. The van der Waals surface area contributed by atoms with Crippen molar-refractivity contribution in [2.75, 3.05) is 32.9 Å². The number of piperidine rings is 1. The summed E-state index contributed by atoms with van der Waals surface area (Å²) in [6.07, 6.45) is 4.03. The van der Waals surface area contributed by atoms with Gasteiger partial charge in [-0.15, -0.1) is 0 Å². The summed E-state index contributed by atoms with van der Waals surface area (Å²) in [5.41, 5.74) is 3.29. The van der Waals surface area contributed by atoms with Crippen LogP contribution in [0.1, 0.15) is 18.4 Å². The number of aliphatic hydroxyl groups excluding tert-OH is 1. The zero-order valence-electron chi connectivity index (χ0n) is 13.7. The Hall–Kier alpha value is -2.05. The van der Waals surface area contributed by atoms with Crippen LogP contribution in [0.25, 0.3) is 11.3 Å². The lowest BCUT2D eigenvalue weighted by molar-refractivity contribution is 0.127. The molecule has 0 atom stereocenters. The van der Waals surface area contributed by atoms with Crippen LogP contribution in [0.4, 0.5) is 0 Å². The van der Waals surface area contributed by atoms with Gasteiger partial charge in [0.15, 0.2) is 11.5 Å². The van der Waals surface area contributed by atoms with E-state index in [4.69, 9.17) is 9.47 Å². The minimum Gasteiger partial charge on any atom is -0.486 e. The first-order valence-electron chi connectivity index (χ1n) is 8.59. The van der Waals surface area contributed by atoms with Crippen LogP contribution in [0, 0.1) is 5.92 Å². The molecule has 2 aliphatic heterocycles. The molecular weight excluding hydrogens is 306 g/mol. The first kappa shape index (κ1) is 15.5. The largest absolute Gasteiger partial charge is 0.486 e. The van der Waals surface area contributed by atoms with Gasteiger partial charge in [0.25, 0.3) is 0 Å². The summed E-state index contributed by atoms with van der Waals surface area (Å²) in [6.45, 7) is 4.42. The minimum atomic E-state index is 0.308. The molecule has 24 heavy (non-hydrogen) atoms. The fourth-order valence-corrected chi connectivity index (χ4v) is 3.45. The van der Waals surface area contributed by atoms with Gasteiger partial charge in [-0.2, -0.15) is 5.10 Å². The van der Waals surface area contributed by atoms with E-state index in [1.807, 2.05) is 24.4 Å². The van der Waals surface area contributed by atoms with Gasteiger partial charge in [-0.25, -0.2) is 0 Å². The molecule has 1 fully saturated rings. The van der Waals surface area contributed by atoms with Crippen molar-refractivity contribution in [1.82, 2.24) is 15.1 Å². The molecule has 2 N–H and O–H groups in total. The van der Waals surface area contributed by atoms with Gasteiger partial charge in [0.05, 0.1) is 11.9 Å². The van der Waals surface area contributed by atoms with E-state index < -0.39 is 0 Å². The lowest BCUT2D eigenvalue weighted by Crippen LogP contribution is -2.34. The highest BCUT2D eigenvalue weighted by Crippen LogP contribution is 2.35. The third kappa shape index (κ3) is 3.12. The van der Waals surface area contributed by atoms with Gasteiger partial charge in [0.2, 0.25) is 0 Å². The molecule has 2 aromatic rings. The van der Waals surface area contributed by atoms with Crippen molar-refractivity contribution in [1.29, 1.82) is 0 Å². The van der Waals surface area contributed by atoms with E-state index in [0.717, 1.165) is 55.2 Å². The fraction of sp³-hybridized carbons (Fsp3) is 0.500. The maximum absolute atomic E-state index is 9.27. The molecular formula is C18H23N3O3. The molecule has 0 aliphatic carbocycles. The number of aromatic amines is 1. The Balaban J connectivity index is 1.50. The molecule has 0 unspecified atom stereocenters. The third-order valence-corrected chi connectivity index (χ3v) is 4.91. The molecule has 0 amide bonds. The van der Waals surface area contributed by atoms with Crippen molar-refractivity contribution in [2.24, 2.45) is 5.92 Å². The van der Waals surface area contributed by atoms with E-state index in [2.05, 4.69) is 15.1 Å². The van der Waals surface area contributed by atoms with E-state index in [0.29, 0.717) is 25.7 Å². The van der Waals surface area contributed by atoms with E-state index in [9.17, 15) is 5.11 Å². The molecule has 1 aromatic heterocycles. The highest BCUT2D eigenvalue weighted by molar-refractivity contribution is 5.66. The molecule has 1 saturated heterocycles. The van der Waals surface area contributed by atoms with Gasteiger partial charge in [-0.3, -0.25) is 10.00 Å². The monoisotopic (exact) mass is 329 g/mol. The number of nitrogens with one attached hydrogen (secondary N) is 1. The van der Waals surface area contributed by atoms with Crippen LogP contribution in [0.3, 0.4) is 0 Å². The Kier molecular flexibility index (Phi) is 4.40. The van der Waals surface area contributed by atoms with Crippen molar-refractivity contribution in [3.05, 3.63) is 30.0 Å². The van der Waals surface area contributed by atoms with Gasteiger partial charge in [0, 0.05) is 24.3 Å². The summed E-state index contributed by atoms with van der Waals surface area (Å²) >= 11 is 0. The predicted molar refractivity (Wildman–Crippen MR) is 90.1 cm³/mol. The first-order chi connectivity index (χ1) is 11.8. The van der Waals surface area contributed by atoms with Crippen LogP contribution in [-0.4, -0.2) is 53.1 Å². The molecule has 1 aromatic carbocycles. The highest BCUT2D eigenvalue weighted by Gasteiger charge is 2.21. The lowest BCUT2D eigenvalue weighted by atomic mass is 9.97. The van der Waals surface area contributed by atoms with Crippen LogP contribution >= 0.6 is 0 Å². The number of H-pyrrole nitrogens is 1. The Bertz CT molecular complexity index is 693. The second-order valence-electron chi connectivity index (χ2n) is 6.53. The molecule has 0 bridgehead atoms. The summed E-state index contributed by atoms with van der Waals surface area (Å²) in [6, 6.07) is 6.02. The predicted octanol–water partition coefficient (Wildman–Crippen LogP) is 2.05. The summed E-state index contributed by atoms with van der Waals surface area (Å²) < 4.78 is 11.3. The van der Waals surface area contributed by atoms with E-state index >= 15 is 0 Å². The van der Waals surface area contributed by atoms with Gasteiger partial charge in [-0.1, -0.05) is 0 Å². The fourth-order valence-electron chi connectivity index (χ4n) is 3.45. The number of benzene rings is 1. The average molecular weight is 329 g/mol. The minimum absolute atomic E-state index is 0.308. The summed E-state index contributed by atoms with van der Waals surface area (Å²) in [4.78, 5) is 2.43. The number of ether oxygens (including phenoxy) is 2. The summed E-state index contributed by atoms with van der Waals surface area (Å²) in [5.74, 6) is 2.06. The summed E-state index contributed by atoms with van der Waals surface area (Å²) in [5, 5.41) is 16.6. The Morgan fingerprint density at radius 2 is 1.96 bits per heavy atom. The number of fused-ring (bicyclic) bond motifs is 1. The van der Waals surface area contributed by atoms with Crippen LogP contribution < -0.4 is 9.47 Å². The van der Waals surface area contributed by atoms with Crippen LogP contribution in [0.2, 0.25) is 0 Å². The maximum Gasteiger partial charge on any atom is 0.162 e. The molecule has 2 aliphatic rings. The second kappa shape index (κ2) is 6.83. The van der Waals surface area contributed by atoms with Crippen LogP contribution in [0.5, 0.6) is 11.5 Å². The van der Waals surface area contributed by atoms with Crippen molar-refractivity contribution >= 4 is 0 Å². The highest BCUT2D eigenvalue weighted by atomic mass is 16.6. The van der Waals surface area contributed by atoms with Crippen molar-refractivity contribution in [3.8, 4) is 22.8 Å². The maximum atomic E-state index is 9.27. The number of hydrogen-bond acceptors (Lipinski definition) is 5. The quantitative estimate of drug-likeness (QED) is 0.898. The zero-order chi connectivity index (χ0) is 16.4. The molecule has 0 spiro atoms. The molecule has 3 heterocycles. The van der Waals surface area contributed by atoms with Gasteiger partial charge in [-0.05, 0) is 50.0 Å². The van der Waals surface area contributed by atoms with Crippen LogP contribution in [0.15, 0.2) is 24.4 Å². The summed E-state index contributed by atoms with van der Waals surface area (Å²) in [7, 11) is 0. The van der Waals surface area contributed by atoms with Crippen molar-refractivity contribution < 1.29 is 14.6 Å². The van der Waals surface area contributed by atoms with E-state index in [1.54, 1.807) is 0 Å². The SMILES string of the molecule is OCC1CCN(Cc2cn[nH]c2-c2ccc3c(c2)OCCO3)CC1. The van der Waals surface area contributed by atoms with Gasteiger partial charge in [0.1, 0.15) is 13.2 Å². The molecule has 4 rings (SSSR count). The van der Waals surface area contributed by atoms with Crippen molar-refractivity contribution in [2.45, 2.75) is 19.4 Å². The number of aromatic nitrogens is 2. The topological polar surface area (TPSA) is 70.6 Å². The number of likely N-dealkylation sites (tertiary alicyclic amines) is 1. The third-order valence-electron chi connectivity index (χ3n) is 4.91. The normalized spacial score (nSPS) is 18.7. The Morgan fingerprint density at radius 3 is 2.75 bits per heavy atom. The smallest absolute Gasteiger partial charge is 0.162 e. The van der Waals surface area contributed by atoms with Gasteiger partial charge >= 0.3 is 0 Å². The Labute approximate surface area is 141 Å². The first-order valence-corrected chi connectivity index (χ1v) is 8.59. The van der Waals surface area contributed by atoms with E-state index in [-0.39, 0.29) is 0 Å². The van der Waals surface area contributed by atoms with Crippen molar-refractivity contribution in [3.63, 3.8) is 0 Å². The lowest BCUT2D eigenvalue weighted by Gasteiger charge is -2.30. The van der Waals surface area contributed by atoms with Crippen LogP contribution in [-0.2, 0) is 6.54 Å². The van der Waals surface area contributed by atoms with E-state index in [1.165, 1.54) is 5.56 Å². The second-order valence-corrected chi connectivity index (χ2v) is 6.53. The molecule has 128 valence electrons. The molecule has 0 saturated carbocycles. The number of rotatable bonds is 4. The number of nitrogens with zero attached hydrogens (tertiary/aromatic N) is 2. The molecule has 6 nitrogen and oxygen atoms in total. The average Bonchev–Trinajstić information content (AvgIpc) is 3.10.